The second kappa shape index (κ2) is 7.17. The van der Waals surface area contributed by atoms with Crippen LogP contribution >= 0.6 is 77.2 Å². The monoisotopic (exact) mass is 566 g/mol. The van der Waals surface area contributed by atoms with Gasteiger partial charge in [0.25, 0.3) is 0 Å². The first-order chi connectivity index (χ1) is 13.7. The van der Waals surface area contributed by atoms with Crippen LogP contribution in [0.3, 0.4) is 0 Å². The molecule has 0 aliphatic heterocycles. The minimum absolute atomic E-state index is 1.24. The molecule has 0 spiro atoms. The number of hydrogen-bond donors (Lipinski definition) is 0. The van der Waals surface area contributed by atoms with Crippen molar-refractivity contribution < 1.29 is 0 Å². The van der Waals surface area contributed by atoms with Crippen LogP contribution in [-0.4, -0.2) is 0 Å². The molecule has 6 heteroatoms. The van der Waals surface area contributed by atoms with E-state index in [1.807, 2.05) is 45.3 Å². The molecule has 0 unspecified atom stereocenters. The van der Waals surface area contributed by atoms with E-state index in [4.69, 9.17) is 0 Å². The van der Waals surface area contributed by atoms with Crippen LogP contribution in [0.4, 0.5) is 0 Å². The summed E-state index contributed by atoms with van der Waals surface area (Å²) in [6.07, 6.45) is 7.55. The zero-order chi connectivity index (χ0) is 18.8. The Morgan fingerprint density at radius 3 is 1.36 bits per heavy atom. The molecule has 2 aliphatic rings. The Bertz CT molecular complexity index is 1110. The molecule has 0 aromatic carbocycles. The highest BCUT2D eigenvalue weighted by Crippen LogP contribution is 2.50. The maximum atomic E-state index is 3.80. The van der Waals surface area contributed by atoms with Crippen molar-refractivity contribution in [2.24, 2.45) is 0 Å². The van der Waals surface area contributed by atoms with E-state index in [0.29, 0.717) is 0 Å². The summed E-state index contributed by atoms with van der Waals surface area (Å²) in [6, 6.07) is 9.30. The Kier molecular flexibility index (Phi) is 4.74. The van der Waals surface area contributed by atoms with Crippen LogP contribution in [0, 0.1) is 0 Å². The minimum Gasteiger partial charge on any atom is -0.134 e. The van der Waals surface area contributed by atoms with E-state index in [9.17, 15) is 0 Å². The van der Waals surface area contributed by atoms with Crippen molar-refractivity contribution in [3.8, 4) is 29.3 Å². The highest BCUT2D eigenvalue weighted by atomic mass is 79.9. The molecule has 4 aromatic rings. The fraction of sp³-hybridized carbons (Fsp3) is 0.273. The Morgan fingerprint density at radius 1 is 0.500 bits per heavy atom. The lowest BCUT2D eigenvalue weighted by Crippen LogP contribution is -1.76. The summed E-state index contributed by atoms with van der Waals surface area (Å²) in [6.45, 7) is 0. The molecule has 2 aliphatic carbocycles. The Morgan fingerprint density at radius 2 is 0.893 bits per heavy atom. The highest BCUT2D eigenvalue weighted by molar-refractivity contribution is 9.11. The Labute approximate surface area is 197 Å². The van der Waals surface area contributed by atoms with Gasteiger partial charge in [-0.05, 0) is 117 Å². The molecule has 4 heterocycles. The molecule has 0 radical (unpaired) electrons. The van der Waals surface area contributed by atoms with Gasteiger partial charge in [0.05, 0.1) is 7.57 Å². The molecule has 0 N–H and O–H groups in total. The highest BCUT2D eigenvalue weighted by Gasteiger charge is 2.24. The summed E-state index contributed by atoms with van der Waals surface area (Å²) in [4.78, 5) is 8.64. The zero-order valence-corrected chi connectivity index (χ0v) is 21.4. The average molecular weight is 568 g/mol. The van der Waals surface area contributed by atoms with Gasteiger partial charge >= 0.3 is 0 Å². The molecular weight excluding hydrogens is 552 g/mol. The largest absolute Gasteiger partial charge is 0.134 e. The number of rotatable bonds is 3. The maximum Gasteiger partial charge on any atom is 0.0740 e. The lowest BCUT2D eigenvalue weighted by Gasteiger charge is -1.97. The van der Waals surface area contributed by atoms with Crippen LogP contribution in [0.1, 0.15) is 35.1 Å². The fourth-order valence-corrected chi connectivity index (χ4v) is 10.9. The number of fused-ring (bicyclic) bond motifs is 2. The van der Waals surface area contributed by atoms with Crippen LogP contribution < -0.4 is 0 Å². The molecule has 4 aromatic heterocycles. The summed E-state index contributed by atoms with van der Waals surface area (Å²) in [5.74, 6) is 0. The van der Waals surface area contributed by atoms with E-state index in [1.165, 1.54) is 75.4 Å². The van der Waals surface area contributed by atoms with Gasteiger partial charge in [-0.2, -0.15) is 0 Å². The zero-order valence-electron chi connectivity index (χ0n) is 14.9. The first kappa shape index (κ1) is 18.5. The van der Waals surface area contributed by atoms with Crippen molar-refractivity contribution in [3.63, 3.8) is 0 Å². The molecule has 0 nitrogen and oxygen atoms in total. The quantitative estimate of drug-likeness (QED) is 0.231. The van der Waals surface area contributed by atoms with E-state index >= 15 is 0 Å². The van der Waals surface area contributed by atoms with Gasteiger partial charge in [-0.3, -0.25) is 0 Å². The standard InChI is InChI=1S/C22H16Br2S4/c23-21-13-5-1-3-11(13)19(27-21)17-9-7-15(25-17)16-8-10-18(26-16)20-12-4-2-6-14(12)22(24)28-20/h7-10H,1-6H2. The lowest BCUT2D eigenvalue weighted by atomic mass is 10.2. The van der Waals surface area contributed by atoms with Crippen molar-refractivity contribution in [3.05, 3.63) is 54.1 Å². The van der Waals surface area contributed by atoms with Crippen LogP contribution in [0.25, 0.3) is 29.3 Å². The predicted octanol–water partition coefficient (Wildman–Crippen LogP) is 9.44. The van der Waals surface area contributed by atoms with Gasteiger partial charge < -0.3 is 0 Å². The smallest absolute Gasteiger partial charge is 0.0740 e. The van der Waals surface area contributed by atoms with Gasteiger partial charge in [0.2, 0.25) is 0 Å². The van der Waals surface area contributed by atoms with Gasteiger partial charge in [0.15, 0.2) is 0 Å². The van der Waals surface area contributed by atoms with Crippen LogP contribution in [-0.2, 0) is 25.7 Å². The average Bonchev–Trinajstić information content (AvgIpc) is 3.50. The van der Waals surface area contributed by atoms with E-state index in [-0.39, 0.29) is 0 Å². The molecule has 0 atom stereocenters. The molecular formula is C22H16Br2S4. The van der Waals surface area contributed by atoms with E-state index in [2.05, 4.69) is 56.1 Å². The summed E-state index contributed by atoms with van der Waals surface area (Å²) >= 11 is 15.3. The van der Waals surface area contributed by atoms with E-state index < -0.39 is 0 Å². The normalized spacial score (nSPS) is 15.4. The third kappa shape index (κ3) is 2.90. The number of thiophene rings is 4. The van der Waals surface area contributed by atoms with Crippen molar-refractivity contribution in [1.82, 2.24) is 0 Å². The Hall–Kier alpha value is -0.240. The van der Waals surface area contributed by atoms with E-state index in [0.717, 1.165) is 0 Å². The van der Waals surface area contributed by atoms with E-state index in [1.54, 1.807) is 22.3 Å². The second-order valence-corrected chi connectivity index (χ2v) is 14.2. The Balaban J connectivity index is 1.36. The minimum atomic E-state index is 1.24. The second-order valence-electron chi connectivity index (χ2n) is 7.36. The molecule has 0 saturated heterocycles. The molecule has 0 fully saturated rings. The van der Waals surface area contributed by atoms with Crippen molar-refractivity contribution in [2.45, 2.75) is 38.5 Å². The van der Waals surface area contributed by atoms with Crippen molar-refractivity contribution in [2.75, 3.05) is 0 Å². The molecule has 28 heavy (non-hydrogen) atoms. The SMILES string of the molecule is Brc1sc(-c2ccc(-c3ccc(-c4sc(Br)c5c4CCC5)s3)s2)c2c1CCC2. The molecule has 6 rings (SSSR count). The summed E-state index contributed by atoms with van der Waals surface area (Å²) in [5, 5.41) is 0. The molecule has 142 valence electrons. The number of halogens is 2. The van der Waals surface area contributed by atoms with Crippen LogP contribution in [0.5, 0.6) is 0 Å². The van der Waals surface area contributed by atoms with Gasteiger partial charge in [-0.25, -0.2) is 0 Å². The first-order valence-corrected chi connectivity index (χ1v) is 14.3. The topological polar surface area (TPSA) is 0 Å². The first-order valence-electron chi connectivity index (χ1n) is 9.50. The molecule has 0 amide bonds. The third-order valence-electron chi connectivity index (χ3n) is 5.74. The van der Waals surface area contributed by atoms with Gasteiger partial charge in [0.1, 0.15) is 0 Å². The van der Waals surface area contributed by atoms with Crippen LogP contribution in [0.15, 0.2) is 31.8 Å². The maximum absolute atomic E-state index is 3.80. The summed E-state index contributed by atoms with van der Waals surface area (Å²) < 4.78 is 2.70. The van der Waals surface area contributed by atoms with Crippen molar-refractivity contribution in [1.29, 1.82) is 0 Å². The van der Waals surface area contributed by atoms with Gasteiger partial charge in [0, 0.05) is 29.3 Å². The summed E-state index contributed by atoms with van der Waals surface area (Å²) in [7, 11) is 0. The summed E-state index contributed by atoms with van der Waals surface area (Å²) in [5.41, 5.74) is 6.31. The fourth-order valence-electron chi connectivity index (χ4n) is 4.43. The van der Waals surface area contributed by atoms with Crippen molar-refractivity contribution >= 4 is 77.2 Å². The van der Waals surface area contributed by atoms with Gasteiger partial charge in [-0.1, -0.05) is 0 Å². The third-order valence-corrected chi connectivity index (χ3v) is 12.5. The molecule has 0 saturated carbocycles. The number of hydrogen-bond acceptors (Lipinski definition) is 4. The predicted molar refractivity (Wildman–Crippen MR) is 134 cm³/mol. The molecule has 0 bridgehead atoms. The lowest BCUT2D eigenvalue weighted by molar-refractivity contribution is 0.911. The van der Waals surface area contributed by atoms with Crippen LogP contribution in [0.2, 0.25) is 0 Å². The van der Waals surface area contributed by atoms with Gasteiger partial charge in [-0.15, -0.1) is 45.3 Å².